The Hall–Kier alpha value is -1.10. The third-order valence-electron chi connectivity index (χ3n) is 3.17. The monoisotopic (exact) mass is 279 g/mol. The zero-order valence-electron chi connectivity index (χ0n) is 12.0. The van der Waals surface area contributed by atoms with Crippen molar-refractivity contribution in [3.63, 3.8) is 0 Å². The SMILES string of the molecule is C=CNCCC[Si](C)(OC)OCCc1ccccc1. The Labute approximate surface area is 117 Å². The van der Waals surface area contributed by atoms with Crippen molar-refractivity contribution in [2.24, 2.45) is 0 Å². The van der Waals surface area contributed by atoms with Crippen molar-refractivity contribution >= 4 is 8.56 Å². The van der Waals surface area contributed by atoms with Gasteiger partial charge in [0.05, 0.1) is 0 Å². The molecule has 3 nitrogen and oxygen atoms in total. The van der Waals surface area contributed by atoms with Gasteiger partial charge in [0.2, 0.25) is 0 Å². The van der Waals surface area contributed by atoms with Crippen LogP contribution in [0.4, 0.5) is 0 Å². The van der Waals surface area contributed by atoms with E-state index in [1.54, 1.807) is 13.3 Å². The second kappa shape index (κ2) is 8.91. The van der Waals surface area contributed by atoms with E-state index >= 15 is 0 Å². The average molecular weight is 279 g/mol. The minimum Gasteiger partial charge on any atom is -0.398 e. The van der Waals surface area contributed by atoms with Crippen molar-refractivity contribution in [3.05, 3.63) is 48.7 Å². The fourth-order valence-electron chi connectivity index (χ4n) is 1.88. The molecular formula is C15H25NO2Si. The summed E-state index contributed by atoms with van der Waals surface area (Å²) >= 11 is 0. The quantitative estimate of drug-likeness (QED) is 0.527. The summed E-state index contributed by atoms with van der Waals surface area (Å²) in [4.78, 5) is 0. The Morgan fingerprint density at radius 3 is 2.68 bits per heavy atom. The largest absolute Gasteiger partial charge is 0.398 e. The molecule has 1 aromatic carbocycles. The molecule has 0 aliphatic rings. The van der Waals surface area contributed by atoms with Crippen LogP contribution in [-0.2, 0) is 15.3 Å². The molecule has 1 atom stereocenters. The topological polar surface area (TPSA) is 30.5 Å². The molecule has 19 heavy (non-hydrogen) atoms. The number of hydrogen-bond acceptors (Lipinski definition) is 3. The molecule has 0 bridgehead atoms. The van der Waals surface area contributed by atoms with Gasteiger partial charge in [-0.25, -0.2) is 0 Å². The van der Waals surface area contributed by atoms with Crippen LogP contribution in [0.5, 0.6) is 0 Å². The summed E-state index contributed by atoms with van der Waals surface area (Å²) in [7, 11) is -0.242. The van der Waals surface area contributed by atoms with Crippen LogP contribution >= 0.6 is 0 Å². The first-order chi connectivity index (χ1) is 9.20. The van der Waals surface area contributed by atoms with Crippen LogP contribution in [0.1, 0.15) is 12.0 Å². The van der Waals surface area contributed by atoms with Crippen LogP contribution in [-0.4, -0.2) is 28.8 Å². The third-order valence-corrected chi connectivity index (χ3v) is 6.11. The van der Waals surface area contributed by atoms with Crippen molar-refractivity contribution in [2.45, 2.75) is 25.4 Å². The van der Waals surface area contributed by atoms with Crippen molar-refractivity contribution in [1.82, 2.24) is 5.32 Å². The number of rotatable bonds is 10. The third kappa shape index (κ3) is 6.57. The highest BCUT2D eigenvalue weighted by Gasteiger charge is 2.29. The fraction of sp³-hybridized carbons (Fsp3) is 0.467. The van der Waals surface area contributed by atoms with Gasteiger partial charge in [0.15, 0.2) is 0 Å². The van der Waals surface area contributed by atoms with E-state index in [0.29, 0.717) is 0 Å². The Bertz CT molecular complexity index is 358. The standard InChI is InChI=1S/C15H25NO2Si/c1-4-16-12-8-14-19(3,17-2)18-13-11-15-9-6-5-7-10-15/h4-7,9-10,16H,1,8,11-14H2,2-3H3. The summed E-state index contributed by atoms with van der Waals surface area (Å²) in [6.07, 6.45) is 3.72. The molecule has 0 spiro atoms. The van der Waals surface area contributed by atoms with Gasteiger partial charge in [-0.2, -0.15) is 0 Å². The van der Waals surface area contributed by atoms with Gasteiger partial charge in [-0.3, -0.25) is 0 Å². The zero-order valence-corrected chi connectivity index (χ0v) is 13.0. The number of benzene rings is 1. The second-order valence-corrected chi connectivity index (χ2v) is 8.15. The van der Waals surface area contributed by atoms with E-state index in [1.807, 2.05) is 6.07 Å². The molecule has 0 amide bonds. The fourth-order valence-corrected chi connectivity index (χ4v) is 3.70. The van der Waals surface area contributed by atoms with E-state index in [1.165, 1.54) is 5.56 Å². The highest BCUT2D eigenvalue weighted by Crippen LogP contribution is 2.15. The first-order valence-corrected chi connectivity index (χ1v) is 9.30. The normalized spacial score (nSPS) is 13.8. The van der Waals surface area contributed by atoms with Crippen molar-refractivity contribution in [1.29, 1.82) is 0 Å². The summed E-state index contributed by atoms with van der Waals surface area (Å²) in [5.74, 6) is 0. The lowest BCUT2D eigenvalue weighted by molar-refractivity contribution is 0.206. The molecule has 0 fully saturated rings. The van der Waals surface area contributed by atoms with Gasteiger partial charge in [-0.05, 0) is 37.2 Å². The lowest BCUT2D eigenvalue weighted by atomic mass is 10.2. The van der Waals surface area contributed by atoms with Gasteiger partial charge in [-0.15, -0.1) is 0 Å². The number of hydrogen-bond donors (Lipinski definition) is 1. The molecule has 4 heteroatoms. The van der Waals surface area contributed by atoms with E-state index in [9.17, 15) is 0 Å². The lowest BCUT2D eigenvalue weighted by Gasteiger charge is -2.25. The number of nitrogens with one attached hydrogen (secondary N) is 1. The first kappa shape index (κ1) is 16.0. The van der Waals surface area contributed by atoms with Crippen molar-refractivity contribution in [2.75, 3.05) is 20.3 Å². The molecule has 0 aliphatic heterocycles. The molecule has 0 aromatic heterocycles. The minimum atomic E-state index is -2.00. The van der Waals surface area contributed by atoms with Crippen LogP contribution in [0, 0.1) is 0 Å². The Kier molecular flexibility index (Phi) is 7.48. The highest BCUT2D eigenvalue weighted by molar-refractivity contribution is 6.65. The summed E-state index contributed by atoms with van der Waals surface area (Å²) in [6, 6.07) is 11.4. The molecule has 1 aromatic rings. The van der Waals surface area contributed by atoms with E-state index in [-0.39, 0.29) is 0 Å². The molecule has 1 unspecified atom stereocenters. The van der Waals surface area contributed by atoms with Crippen LogP contribution < -0.4 is 5.32 Å². The van der Waals surface area contributed by atoms with E-state index in [0.717, 1.165) is 32.0 Å². The van der Waals surface area contributed by atoms with Gasteiger partial charge in [0.1, 0.15) is 0 Å². The maximum Gasteiger partial charge on any atom is 0.334 e. The average Bonchev–Trinajstić information content (AvgIpc) is 2.45. The molecule has 1 rings (SSSR count). The van der Waals surface area contributed by atoms with Gasteiger partial charge in [-0.1, -0.05) is 36.9 Å². The summed E-state index contributed by atoms with van der Waals surface area (Å²) in [5.41, 5.74) is 1.31. The van der Waals surface area contributed by atoms with Crippen molar-refractivity contribution < 1.29 is 8.85 Å². The van der Waals surface area contributed by atoms with Crippen LogP contribution in [0.3, 0.4) is 0 Å². The second-order valence-electron chi connectivity index (χ2n) is 4.68. The Balaban J connectivity index is 2.28. The molecule has 0 aliphatic carbocycles. The summed E-state index contributed by atoms with van der Waals surface area (Å²) < 4.78 is 11.6. The first-order valence-electron chi connectivity index (χ1n) is 6.77. The lowest BCUT2D eigenvalue weighted by Crippen LogP contribution is -2.38. The molecule has 0 saturated carbocycles. The predicted octanol–water partition coefficient (Wildman–Crippen LogP) is 3.09. The Morgan fingerprint density at radius 1 is 1.32 bits per heavy atom. The van der Waals surface area contributed by atoms with Crippen molar-refractivity contribution in [3.8, 4) is 0 Å². The molecule has 0 radical (unpaired) electrons. The Morgan fingerprint density at radius 2 is 2.05 bits per heavy atom. The van der Waals surface area contributed by atoms with E-state index < -0.39 is 8.56 Å². The maximum atomic E-state index is 6.03. The molecular weight excluding hydrogens is 254 g/mol. The van der Waals surface area contributed by atoms with Crippen LogP contribution in [0.15, 0.2) is 43.1 Å². The maximum absolute atomic E-state index is 6.03. The van der Waals surface area contributed by atoms with Crippen LogP contribution in [0.25, 0.3) is 0 Å². The van der Waals surface area contributed by atoms with Gasteiger partial charge in [0, 0.05) is 20.3 Å². The van der Waals surface area contributed by atoms with Gasteiger partial charge < -0.3 is 14.2 Å². The molecule has 106 valence electrons. The smallest absolute Gasteiger partial charge is 0.334 e. The highest BCUT2D eigenvalue weighted by atomic mass is 28.4. The van der Waals surface area contributed by atoms with Gasteiger partial charge >= 0.3 is 8.56 Å². The molecule has 0 saturated heterocycles. The molecule has 0 heterocycles. The van der Waals surface area contributed by atoms with Gasteiger partial charge in [0.25, 0.3) is 0 Å². The predicted molar refractivity (Wildman–Crippen MR) is 82.3 cm³/mol. The molecule has 1 N–H and O–H groups in total. The van der Waals surface area contributed by atoms with Crippen LogP contribution in [0.2, 0.25) is 12.6 Å². The van der Waals surface area contributed by atoms with E-state index in [2.05, 4.69) is 42.7 Å². The van der Waals surface area contributed by atoms with E-state index in [4.69, 9.17) is 8.85 Å². The summed E-state index contributed by atoms with van der Waals surface area (Å²) in [6.45, 7) is 7.43. The zero-order chi connectivity index (χ0) is 14.0. The minimum absolute atomic E-state index is 0.732. The summed E-state index contributed by atoms with van der Waals surface area (Å²) in [5, 5.41) is 3.10.